The molecule has 0 nitrogen and oxygen atoms in total. The lowest BCUT2D eigenvalue weighted by atomic mass is 9.91. The van der Waals surface area contributed by atoms with E-state index in [1.807, 2.05) is 6.92 Å². The average molecular weight is 146 g/mol. The summed E-state index contributed by atoms with van der Waals surface area (Å²) in [5, 5.41) is 0. The molecule has 0 saturated carbocycles. The fourth-order valence-electron chi connectivity index (χ4n) is 1.21. The van der Waals surface area contributed by atoms with Gasteiger partial charge < -0.3 is 0 Å². The van der Waals surface area contributed by atoms with Gasteiger partial charge in [-0.3, -0.25) is 0 Å². The molecule has 2 heteroatoms. The molecule has 58 valence electrons. The van der Waals surface area contributed by atoms with Gasteiger partial charge in [0, 0.05) is 12.8 Å². The van der Waals surface area contributed by atoms with E-state index in [0.717, 1.165) is 11.1 Å². The van der Waals surface area contributed by atoms with Crippen LogP contribution in [0.1, 0.15) is 33.1 Å². The lowest BCUT2D eigenvalue weighted by molar-refractivity contribution is -0.0119. The van der Waals surface area contributed by atoms with Gasteiger partial charge in [-0.15, -0.1) is 0 Å². The molecule has 10 heavy (non-hydrogen) atoms. The standard InChI is InChI=1S/C8H12F2/c1-6-3-4-8(9,10)5-7(6)2/h3-5H2,1-2H3. The molecule has 0 saturated heterocycles. The fraction of sp³-hybridized carbons (Fsp3) is 0.750. The predicted octanol–water partition coefficient (Wildman–Crippen LogP) is 3.14. The molecule has 0 N–H and O–H groups in total. The van der Waals surface area contributed by atoms with E-state index in [4.69, 9.17) is 0 Å². The Bertz CT molecular complexity index is 168. The maximum Gasteiger partial charge on any atom is 0.252 e. The minimum Gasteiger partial charge on any atom is -0.207 e. The number of hydrogen-bond donors (Lipinski definition) is 0. The second kappa shape index (κ2) is 2.33. The fourth-order valence-corrected chi connectivity index (χ4v) is 1.21. The maximum atomic E-state index is 12.6. The van der Waals surface area contributed by atoms with Crippen molar-refractivity contribution in [3.8, 4) is 0 Å². The molecule has 0 atom stereocenters. The Hall–Kier alpha value is -0.400. The number of rotatable bonds is 0. The van der Waals surface area contributed by atoms with E-state index >= 15 is 0 Å². The van der Waals surface area contributed by atoms with E-state index in [1.54, 1.807) is 6.92 Å². The molecule has 1 aliphatic carbocycles. The monoisotopic (exact) mass is 146 g/mol. The van der Waals surface area contributed by atoms with E-state index in [-0.39, 0.29) is 12.8 Å². The van der Waals surface area contributed by atoms with Gasteiger partial charge >= 0.3 is 0 Å². The van der Waals surface area contributed by atoms with Crippen LogP contribution in [0.25, 0.3) is 0 Å². The van der Waals surface area contributed by atoms with E-state index in [0.29, 0.717) is 6.42 Å². The Kier molecular flexibility index (Phi) is 1.80. The van der Waals surface area contributed by atoms with Gasteiger partial charge in [-0.05, 0) is 20.3 Å². The highest BCUT2D eigenvalue weighted by atomic mass is 19.3. The highest BCUT2D eigenvalue weighted by Gasteiger charge is 2.32. The Morgan fingerprint density at radius 2 is 1.80 bits per heavy atom. The SMILES string of the molecule is CC1=C(C)CC(F)(F)CC1. The van der Waals surface area contributed by atoms with Gasteiger partial charge in [0.1, 0.15) is 0 Å². The van der Waals surface area contributed by atoms with Crippen LogP contribution in [0, 0.1) is 0 Å². The number of allylic oxidation sites excluding steroid dienone is 2. The van der Waals surface area contributed by atoms with E-state index in [9.17, 15) is 8.78 Å². The van der Waals surface area contributed by atoms with Crippen LogP contribution in [0.3, 0.4) is 0 Å². The third-order valence-electron chi connectivity index (χ3n) is 2.12. The van der Waals surface area contributed by atoms with Crippen LogP contribution in [-0.4, -0.2) is 5.92 Å². The molecule has 0 radical (unpaired) electrons. The quantitative estimate of drug-likeness (QED) is 0.460. The summed E-state index contributed by atoms with van der Waals surface area (Å²) in [5.74, 6) is -2.43. The first kappa shape index (κ1) is 7.70. The largest absolute Gasteiger partial charge is 0.252 e. The smallest absolute Gasteiger partial charge is 0.207 e. The Morgan fingerprint density at radius 1 is 1.20 bits per heavy atom. The molecule has 0 aromatic heterocycles. The summed E-state index contributed by atoms with van der Waals surface area (Å²) in [7, 11) is 0. The molecule has 0 aliphatic heterocycles. The summed E-state index contributed by atoms with van der Waals surface area (Å²) in [6, 6.07) is 0. The molecule has 0 bridgehead atoms. The van der Waals surface area contributed by atoms with Crippen molar-refractivity contribution in [2.75, 3.05) is 0 Å². The highest BCUT2D eigenvalue weighted by Crippen LogP contribution is 2.35. The van der Waals surface area contributed by atoms with Crippen LogP contribution < -0.4 is 0 Å². The second-order valence-electron chi connectivity index (χ2n) is 3.09. The number of alkyl halides is 2. The maximum absolute atomic E-state index is 12.6. The van der Waals surface area contributed by atoms with Gasteiger partial charge in [0.05, 0.1) is 0 Å². The molecular weight excluding hydrogens is 134 g/mol. The Morgan fingerprint density at radius 3 is 2.20 bits per heavy atom. The molecular formula is C8H12F2. The van der Waals surface area contributed by atoms with Crippen molar-refractivity contribution in [1.82, 2.24) is 0 Å². The molecule has 0 heterocycles. The molecule has 0 fully saturated rings. The van der Waals surface area contributed by atoms with Gasteiger partial charge in [-0.25, -0.2) is 8.78 Å². The summed E-state index contributed by atoms with van der Waals surface area (Å²) < 4.78 is 25.2. The van der Waals surface area contributed by atoms with Crippen LogP contribution in [0.5, 0.6) is 0 Å². The van der Waals surface area contributed by atoms with Gasteiger partial charge in [0.2, 0.25) is 0 Å². The Balaban J connectivity index is 2.72. The summed E-state index contributed by atoms with van der Waals surface area (Å²) in [5.41, 5.74) is 2.02. The van der Waals surface area contributed by atoms with Crippen molar-refractivity contribution in [3.05, 3.63) is 11.1 Å². The van der Waals surface area contributed by atoms with Gasteiger partial charge in [0.25, 0.3) is 5.92 Å². The van der Waals surface area contributed by atoms with Crippen molar-refractivity contribution in [3.63, 3.8) is 0 Å². The molecule has 0 aromatic rings. The van der Waals surface area contributed by atoms with Crippen molar-refractivity contribution >= 4 is 0 Å². The minimum atomic E-state index is -2.43. The average Bonchev–Trinajstić information content (AvgIpc) is 1.79. The van der Waals surface area contributed by atoms with Crippen molar-refractivity contribution in [2.24, 2.45) is 0 Å². The van der Waals surface area contributed by atoms with Crippen molar-refractivity contribution in [2.45, 2.75) is 39.0 Å². The zero-order valence-electron chi connectivity index (χ0n) is 6.38. The van der Waals surface area contributed by atoms with Crippen LogP contribution in [0.2, 0.25) is 0 Å². The predicted molar refractivity (Wildman–Crippen MR) is 37.2 cm³/mol. The lowest BCUT2D eigenvalue weighted by Crippen LogP contribution is -2.20. The van der Waals surface area contributed by atoms with Crippen LogP contribution in [0.4, 0.5) is 8.78 Å². The van der Waals surface area contributed by atoms with Gasteiger partial charge in [-0.1, -0.05) is 11.1 Å². The molecule has 0 spiro atoms. The molecule has 0 amide bonds. The third-order valence-corrected chi connectivity index (χ3v) is 2.12. The van der Waals surface area contributed by atoms with Gasteiger partial charge in [0.15, 0.2) is 0 Å². The molecule has 1 aliphatic rings. The van der Waals surface area contributed by atoms with E-state index in [2.05, 4.69) is 0 Å². The second-order valence-corrected chi connectivity index (χ2v) is 3.09. The lowest BCUT2D eigenvalue weighted by Gasteiger charge is -2.23. The van der Waals surface area contributed by atoms with E-state index < -0.39 is 5.92 Å². The highest BCUT2D eigenvalue weighted by molar-refractivity contribution is 5.15. The number of hydrogen-bond acceptors (Lipinski definition) is 0. The zero-order chi connectivity index (χ0) is 7.78. The summed E-state index contributed by atoms with van der Waals surface area (Å²) in [6.45, 7) is 3.73. The van der Waals surface area contributed by atoms with E-state index in [1.165, 1.54) is 0 Å². The molecule has 0 aromatic carbocycles. The summed E-state index contributed by atoms with van der Waals surface area (Å²) in [4.78, 5) is 0. The zero-order valence-corrected chi connectivity index (χ0v) is 6.38. The van der Waals surface area contributed by atoms with Crippen molar-refractivity contribution in [1.29, 1.82) is 0 Å². The summed E-state index contributed by atoms with van der Waals surface area (Å²) >= 11 is 0. The molecule has 1 rings (SSSR count). The summed E-state index contributed by atoms with van der Waals surface area (Å²) in [6.07, 6.45) is 0.577. The first-order valence-corrected chi connectivity index (χ1v) is 3.54. The Labute approximate surface area is 59.9 Å². The first-order chi connectivity index (χ1) is 4.51. The normalized spacial score (nSPS) is 25.2. The molecule has 0 unspecified atom stereocenters. The van der Waals surface area contributed by atoms with Crippen LogP contribution in [-0.2, 0) is 0 Å². The number of halogens is 2. The topological polar surface area (TPSA) is 0 Å². The van der Waals surface area contributed by atoms with Crippen LogP contribution in [0.15, 0.2) is 11.1 Å². The third kappa shape index (κ3) is 1.55. The van der Waals surface area contributed by atoms with Gasteiger partial charge in [-0.2, -0.15) is 0 Å². The first-order valence-electron chi connectivity index (χ1n) is 3.54. The minimum absolute atomic E-state index is 0.0289. The van der Waals surface area contributed by atoms with Crippen molar-refractivity contribution < 1.29 is 8.78 Å². The van der Waals surface area contributed by atoms with Crippen LogP contribution >= 0.6 is 0 Å².